The highest BCUT2D eigenvalue weighted by molar-refractivity contribution is 5.87. The minimum Gasteiger partial charge on any atom is -0.441 e. The predicted octanol–water partition coefficient (Wildman–Crippen LogP) is 2.96. The zero-order valence-corrected chi connectivity index (χ0v) is 11.6. The monoisotopic (exact) mass is 227 g/mol. The fourth-order valence-corrected chi connectivity index (χ4v) is 2.21. The topological polar surface area (TPSA) is 29.5 Å². The number of carbonyl (C=O) groups is 1. The molecule has 0 aromatic carbocycles. The summed E-state index contributed by atoms with van der Waals surface area (Å²) in [6.45, 7) is 17.5. The molecule has 16 heavy (non-hydrogen) atoms. The number of hydrogen-bond donors (Lipinski definition) is 0. The van der Waals surface area contributed by atoms with Gasteiger partial charge >= 0.3 is 5.97 Å². The van der Waals surface area contributed by atoms with Crippen molar-refractivity contribution in [3.63, 3.8) is 0 Å². The summed E-state index contributed by atoms with van der Waals surface area (Å²) in [5.41, 5.74) is -0.182. The minimum absolute atomic E-state index is 0.313. The minimum atomic E-state index is -0.613. The van der Waals surface area contributed by atoms with Gasteiger partial charge in [-0.05, 0) is 48.5 Å². The molecule has 3 heteroatoms. The Morgan fingerprint density at radius 1 is 1.19 bits per heavy atom. The average Bonchev–Trinajstić information content (AvgIpc) is 1.99. The molecule has 0 bridgehead atoms. The van der Waals surface area contributed by atoms with Gasteiger partial charge in [0.25, 0.3) is 0 Å². The van der Waals surface area contributed by atoms with Gasteiger partial charge in [0.15, 0.2) is 5.72 Å². The molecular formula is C13H25NO2. The molecule has 0 heterocycles. The maximum atomic E-state index is 11.6. The van der Waals surface area contributed by atoms with Gasteiger partial charge in [-0.3, -0.25) is 4.90 Å². The van der Waals surface area contributed by atoms with Crippen molar-refractivity contribution in [1.82, 2.24) is 4.90 Å². The molecule has 0 saturated heterocycles. The van der Waals surface area contributed by atoms with Crippen LogP contribution in [0.15, 0.2) is 12.2 Å². The lowest BCUT2D eigenvalue weighted by molar-refractivity contribution is -0.180. The molecule has 0 saturated carbocycles. The number of hydrogen-bond acceptors (Lipinski definition) is 3. The Morgan fingerprint density at radius 3 is 1.81 bits per heavy atom. The van der Waals surface area contributed by atoms with Crippen LogP contribution in [0.1, 0.15) is 48.5 Å². The third-order valence-corrected chi connectivity index (χ3v) is 2.43. The van der Waals surface area contributed by atoms with Crippen molar-refractivity contribution >= 4 is 5.97 Å². The van der Waals surface area contributed by atoms with Crippen LogP contribution in [0.2, 0.25) is 0 Å². The van der Waals surface area contributed by atoms with E-state index in [-0.39, 0.29) is 5.97 Å². The highest BCUT2D eigenvalue weighted by Gasteiger charge is 2.34. The van der Waals surface area contributed by atoms with E-state index in [2.05, 4.69) is 39.2 Å². The zero-order valence-electron chi connectivity index (χ0n) is 11.6. The molecule has 0 fully saturated rings. The summed E-state index contributed by atoms with van der Waals surface area (Å²) in [4.78, 5) is 13.7. The van der Waals surface area contributed by atoms with Crippen LogP contribution < -0.4 is 0 Å². The Balaban J connectivity index is 4.86. The number of esters is 1. The Kier molecular flexibility index (Phi) is 5.20. The Labute approximate surface area is 99.5 Å². The van der Waals surface area contributed by atoms with Crippen LogP contribution >= 0.6 is 0 Å². The predicted molar refractivity (Wildman–Crippen MR) is 67.1 cm³/mol. The van der Waals surface area contributed by atoms with Crippen LogP contribution in [-0.4, -0.2) is 28.7 Å². The molecule has 0 spiro atoms. The van der Waals surface area contributed by atoms with Crippen LogP contribution in [0, 0.1) is 0 Å². The van der Waals surface area contributed by atoms with Gasteiger partial charge in [-0.1, -0.05) is 6.58 Å². The highest BCUT2D eigenvalue weighted by atomic mass is 16.6. The van der Waals surface area contributed by atoms with E-state index >= 15 is 0 Å². The first kappa shape index (κ1) is 15.2. The van der Waals surface area contributed by atoms with Crippen molar-refractivity contribution in [2.45, 2.75) is 66.3 Å². The van der Waals surface area contributed by atoms with Crippen molar-refractivity contribution in [3.8, 4) is 0 Å². The van der Waals surface area contributed by atoms with Crippen LogP contribution in [0.3, 0.4) is 0 Å². The molecule has 0 N–H and O–H groups in total. The first-order chi connectivity index (χ1) is 7.09. The second kappa shape index (κ2) is 5.48. The largest absolute Gasteiger partial charge is 0.441 e. The molecule has 0 rings (SSSR count). The fourth-order valence-electron chi connectivity index (χ4n) is 2.21. The van der Waals surface area contributed by atoms with E-state index < -0.39 is 5.72 Å². The maximum Gasteiger partial charge on any atom is 0.334 e. The smallest absolute Gasteiger partial charge is 0.334 e. The third kappa shape index (κ3) is 3.97. The average molecular weight is 227 g/mol. The lowest BCUT2D eigenvalue weighted by Gasteiger charge is -2.43. The molecule has 3 nitrogen and oxygen atoms in total. The summed E-state index contributed by atoms with van der Waals surface area (Å²) in [6.07, 6.45) is 0. The van der Waals surface area contributed by atoms with Crippen LogP contribution in [-0.2, 0) is 9.53 Å². The van der Waals surface area contributed by atoms with E-state index in [1.807, 2.05) is 13.8 Å². The molecule has 0 radical (unpaired) electrons. The number of nitrogens with zero attached hydrogens (tertiary/aromatic N) is 1. The quantitative estimate of drug-likeness (QED) is 0.411. The van der Waals surface area contributed by atoms with E-state index in [1.165, 1.54) is 0 Å². The first-order valence-electron chi connectivity index (χ1n) is 5.77. The molecule has 0 aliphatic heterocycles. The summed E-state index contributed by atoms with van der Waals surface area (Å²) in [5.74, 6) is -0.337. The van der Waals surface area contributed by atoms with Crippen molar-refractivity contribution in [3.05, 3.63) is 12.2 Å². The van der Waals surface area contributed by atoms with Crippen molar-refractivity contribution < 1.29 is 9.53 Å². The Bertz CT molecular complexity index is 259. The lowest BCUT2D eigenvalue weighted by atomic mass is 10.1. The van der Waals surface area contributed by atoms with Crippen LogP contribution in [0.25, 0.3) is 0 Å². The number of carbonyl (C=O) groups excluding carboxylic acids is 1. The van der Waals surface area contributed by atoms with Gasteiger partial charge in [-0.2, -0.15) is 0 Å². The standard InChI is InChI=1S/C13H25NO2/c1-9(2)12(15)16-13(7,8)14(10(3)4)11(5)6/h10-11H,1H2,2-8H3. The lowest BCUT2D eigenvalue weighted by Crippen LogP contribution is -2.54. The van der Waals surface area contributed by atoms with E-state index in [9.17, 15) is 4.79 Å². The molecule has 0 aliphatic carbocycles. The van der Waals surface area contributed by atoms with E-state index in [4.69, 9.17) is 4.74 Å². The van der Waals surface area contributed by atoms with E-state index in [0.29, 0.717) is 17.7 Å². The maximum absolute atomic E-state index is 11.6. The number of ether oxygens (including phenoxy) is 1. The second-order valence-corrected chi connectivity index (χ2v) is 5.21. The van der Waals surface area contributed by atoms with Gasteiger partial charge in [0.05, 0.1) is 0 Å². The van der Waals surface area contributed by atoms with Crippen molar-refractivity contribution in [1.29, 1.82) is 0 Å². The normalized spacial score (nSPS) is 12.4. The van der Waals surface area contributed by atoms with Gasteiger partial charge in [-0.15, -0.1) is 0 Å². The molecule has 0 amide bonds. The molecule has 0 aliphatic rings. The summed E-state index contributed by atoms with van der Waals surface area (Å²) in [6, 6.07) is 0.626. The van der Waals surface area contributed by atoms with Crippen molar-refractivity contribution in [2.24, 2.45) is 0 Å². The molecular weight excluding hydrogens is 202 g/mol. The van der Waals surface area contributed by atoms with Gasteiger partial charge in [0.2, 0.25) is 0 Å². The summed E-state index contributed by atoms with van der Waals surface area (Å²) >= 11 is 0. The Hall–Kier alpha value is -0.830. The second-order valence-electron chi connectivity index (χ2n) is 5.21. The van der Waals surface area contributed by atoms with E-state index in [0.717, 1.165) is 0 Å². The van der Waals surface area contributed by atoms with Crippen LogP contribution in [0.5, 0.6) is 0 Å². The molecule has 0 unspecified atom stereocenters. The summed E-state index contributed by atoms with van der Waals surface area (Å²) < 4.78 is 5.47. The summed E-state index contributed by atoms with van der Waals surface area (Å²) in [5, 5.41) is 0. The highest BCUT2D eigenvalue weighted by Crippen LogP contribution is 2.23. The van der Waals surface area contributed by atoms with Gasteiger partial charge in [0, 0.05) is 17.7 Å². The first-order valence-corrected chi connectivity index (χ1v) is 5.77. The number of rotatable bonds is 5. The zero-order chi connectivity index (χ0) is 13.1. The summed E-state index contributed by atoms with van der Waals surface area (Å²) in [7, 11) is 0. The molecule has 0 aromatic heterocycles. The van der Waals surface area contributed by atoms with Crippen molar-refractivity contribution in [2.75, 3.05) is 0 Å². The molecule has 0 aromatic rings. The van der Waals surface area contributed by atoms with E-state index in [1.54, 1.807) is 6.92 Å². The van der Waals surface area contributed by atoms with Gasteiger partial charge < -0.3 is 4.74 Å². The third-order valence-electron chi connectivity index (χ3n) is 2.43. The SMILES string of the molecule is C=C(C)C(=O)OC(C)(C)N(C(C)C)C(C)C. The van der Waals surface area contributed by atoms with Gasteiger partial charge in [0.1, 0.15) is 0 Å². The molecule has 94 valence electrons. The van der Waals surface area contributed by atoms with Gasteiger partial charge in [-0.25, -0.2) is 4.79 Å². The molecule has 0 atom stereocenters. The fraction of sp³-hybridized carbons (Fsp3) is 0.769. The Morgan fingerprint density at radius 2 is 1.56 bits per heavy atom. The van der Waals surface area contributed by atoms with Crippen LogP contribution in [0.4, 0.5) is 0 Å².